The normalized spacial score (nSPS) is 10.4. The zero-order valence-electron chi connectivity index (χ0n) is 10.4. The van der Waals surface area contributed by atoms with E-state index in [9.17, 15) is 4.79 Å². The Balaban J connectivity index is 1.73. The smallest absolute Gasteiger partial charge is 0.251 e. The van der Waals surface area contributed by atoms with E-state index in [4.69, 9.17) is 0 Å². The quantitative estimate of drug-likeness (QED) is 0.639. The third kappa shape index (κ3) is 2.53. The van der Waals surface area contributed by atoms with E-state index in [-0.39, 0.29) is 5.91 Å². The van der Waals surface area contributed by atoms with Gasteiger partial charge in [-0.1, -0.05) is 12.1 Å². The van der Waals surface area contributed by atoms with Gasteiger partial charge in [0.1, 0.15) is 0 Å². The maximum Gasteiger partial charge on any atom is 0.251 e. The van der Waals surface area contributed by atoms with E-state index in [0.717, 1.165) is 11.3 Å². The number of hydrogen-bond acceptors (Lipinski definition) is 5. The Kier molecular flexibility index (Phi) is 3.19. The molecule has 20 heavy (non-hydrogen) atoms. The number of aromatic amines is 2. The fourth-order valence-electron chi connectivity index (χ4n) is 1.74. The molecule has 0 radical (unpaired) electrons. The van der Waals surface area contributed by atoms with Gasteiger partial charge in [0, 0.05) is 17.3 Å². The number of aromatic nitrogens is 6. The fourth-order valence-corrected chi connectivity index (χ4v) is 1.74. The fraction of sp³-hybridized carbons (Fsp3) is 0.0833. The van der Waals surface area contributed by atoms with Gasteiger partial charge in [-0.05, 0) is 17.3 Å². The second-order valence-corrected chi connectivity index (χ2v) is 4.08. The van der Waals surface area contributed by atoms with Crippen molar-refractivity contribution in [1.82, 2.24) is 35.9 Å². The van der Waals surface area contributed by atoms with Gasteiger partial charge in [0.05, 0.1) is 18.6 Å². The molecule has 0 saturated carbocycles. The minimum atomic E-state index is -0.176. The SMILES string of the molecule is O=C(NCc1cnc[nH]1)c1cccc(-c2nn[nH]n2)c1. The molecule has 0 bridgehead atoms. The van der Waals surface area contributed by atoms with E-state index < -0.39 is 0 Å². The zero-order chi connectivity index (χ0) is 13.8. The lowest BCUT2D eigenvalue weighted by Gasteiger charge is -2.04. The summed E-state index contributed by atoms with van der Waals surface area (Å²) in [6, 6.07) is 7.03. The van der Waals surface area contributed by atoms with Crippen LogP contribution >= 0.6 is 0 Å². The molecule has 0 fully saturated rings. The Labute approximate surface area is 113 Å². The molecule has 2 heterocycles. The van der Waals surface area contributed by atoms with E-state index in [0.29, 0.717) is 17.9 Å². The van der Waals surface area contributed by atoms with Crippen LogP contribution in [0.25, 0.3) is 11.4 Å². The van der Waals surface area contributed by atoms with Crippen molar-refractivity contribution >= 4 is 5.91 Å². The summed E-state index contributed by atoms with van der Waals surface area (Å²) in [6.45, 7) is 0.394. The van der Waals surface area contributed by atoms with Gasteiger partial charge in [0.15, 0.2) is 0 Å². The van der Waals surface area contributed by atoms with E-state index in [2.05, 4.69) is 35.9 Å². The Morgan fingerprint density at radius 1 is 1.35 bits per heavy atom. The molecular weight excluding hydrogens is 258 g/mol. The van der Waals surface area contributed by atoms with Crippen LogP contribution in [0, 0.1) is 0 Å². The summed E-state index contributed by atoms with van der Waals surface area (Å²) in [5.74, 6) is 0.276. The number of benzene rings is 1. The van der Waals surface area contributed by atoms with Crippen LogP contribution in [-0.2, 0) is 6.54 Å². The summed E-state index contributed by atoms with van der Waals surface area (Å²) < 4.78 is 0. The van der Waals surface area contributed by atoms with Gasteiger partial charge in [-0.2, -0.15) is 5.21 Å². The van der Waals surface area contributed by atoms with E-state index in [1.165, 1.54) is 0 Å². The minimum Gasteiger partial charge on any atom is -0.347 e. The lowest BCUT2D eigenvalue weighted by atomic mass is 10.1. The van der Waals surface area contributed by atoms with Gasteiger partial charge in [-0.3, -0.25) is 4.79 Å². The van der Waals surface area contributed by atoms with Crippen molar-refractivity contribution in [2.24, 2.45) is 0 Å². The molecule has 0 saturated heterocycles. The standard InChI is InChI=1S/C12H11N7O/c20-12(14-6-10-5-13-7-15-10)9-3-1-2-8(4-9)11-16-18-19-17-11/h1-5,7H,6H2,(H,13,15)(H,14,20)(H,16,17,18,19). The number of amides is 1. The number of nitrogens with one attached hydrogen (secondary N) is 3. The Morgan fingerprint density at radius 3 is 3.05 bits per heavy atom. The van der Waals surface area contributed by atoms with Crippen LogP contribution in [0.2, 0.25) is 0 Å². The molecule has 3 rings (SSSR count). The average molecular weight is 269 g/mol. The number of carbonyl (C=O) groups excluding carboxylic acids is 1. The molecule has 0 atom stereocenters. The van der Waals surface area contributed by atoms with Gasteiger partial charge >= 0.3 is 0 Å². The van der Waals surface area contributed by atoms with Gasteiger partial charge in [0.2, 0.25) is 5.82 Å². The third-order valence-corrected chi connectivity index (χ3v) is 2.72. The Hall–Kier alpha value is -3.03. The lowest BCUT2D eigenvalue weighted by molar-refractivity contribution is 0.0950. The van der Waals surface area contributed by atoms with Crippen LogP contribution in [0.3, 0.4) is 0 Å². The molecule has 0 aliphatic carbocycles. The van der Waals surface area contributed by atoms with Crippen LogP contribution < -0.4 is 5.32 Å². The van der Waals surface area contributed by atoms with Crippen molar-refractivity contribution < 1.29 is 4.79 Å². The predicted octanol–water partition coefficient (Wildman–Crippen LogP) is 0.520. The number of hydrogen-bond donors (Lipinski definition) is 3. The first-order valence-electron chi connectivity index (χ1n) is 5.92. The molecule has 0 aliphatic heterocycles. The van der Waals surface area contributed by atoms with Gasteiger partial charge in [0.25, 0.3) is 5.91 Å². The molecule has 1 aromatic carbocycles. The summed E-state index contributed by atoms with van der Waals surface area (Å²) in [6.07, 6.45) is 3.23. The van der Waals surface area contributed by atoms with Crippen LogP contribution in [0.5, 0.6) is 0 Å². The summed E-state index contributed by atoms with van der Waals surface area (Å²) in [7, 11) is 0. The van der Waals surface area contributed by atoms with E-state index >= 15 is 0 Å². The first-order valence-corrected chi connectivity index (χ1v) is 5.92. The minimum absolute atomic E-state index is 0.176. The molecule has 8 heteroatoms. The first-order chi connectivity index (χ1) is 9.83. The topological polar surface area (TPSA) is 112 Å². The van der Waals surface area contributed by atoms with Crippen LogP contribution in [0.4, 0.5) is 0 Å². The highest BCUT2D eigenvalue weighted by atomic mass is 16.1. The molecule has 0 spiro atoms. The van der Waals surface area contributed by atoms with Crippen molar-refractivity contribution in [2.45, 2.75) is 6.54 Å². The highest BCUT2D eigenvalue weighted by Crippen LogP contribution is 2.14. The molecule has 2 aromatic heterocycles. The molecule has 0 unspecified atom stereocenters. The van der Waals surface area contributed by atoms with E-state index in [1.807, 2.05) is 6.07 Å². The van der Waals surface area contributed by atoms with Crippen molar-refractivity contribution in [1.29, 1.82) is 0 Å². The molecule has 0 aliphatic rings. The predicted molar refractivity (Wildman–Crippen MR) is 69.4 cm³/mol. The number of H-pyrrole nitrogens is 2. The third-order valence-electron chi connectivity index (χ3n) is 2.72. The summed E-state index contributed by atoms with van der Waals surface area (Å²) in [4.78, 5) is 18.9. The average Bonchev–Trinajstić information content (AvgIpc) is 3.18. The summed E-state index contributed by atoms with van der Waals surface area (Å²) in [5, 5.41) is 16.4. The Morgan fingerprint density at radius 2 is 2.30 bits per heavy atom. The highest BCUT2D eigenvalue weighted by molar-refractivity contribution is 5.95. The maximum atomic E-state index is 12.1. The van der Waals surface area contributed by atoms with E-state index in [1.54, 1.807) is 30.7 Å². The van der Waals surface area contributed by atoms with Crippen LogP contribution in [0.15, 0.2) is 36.8 Å². The number of nitrogens with zero attached hydrogens (tertiary/aromatic N) is 4. The molecule has 8 nitrogen and oxygen atoms in total. The second-order valence-electron chi connectivity index (χ2n) is 4.08. The maximum absolute atomic E-state index is 12.1. The Bertz CT molecular complexity index is 690. The summed E-state index contributed by atoms with van der Waals surface area (Å²) >= 11 is 0. The van der Waals surface area contributed by atoms with Crippen molar-refractivity contribution in [3.63, 3.8) is 0 Å². The number of rotatable bonds is 4. The molecular formula is C12H11N7O. The van der Waals surface area contributed by atoms with Gasteiger partial charge in [-0.15, -0.1) is 10.2 Å². The van der Waals surface area contributed by atoms with Gasteiger partial charge < -0.3 is 10.3 Å². The van der Waals surface area contributed by atoms with Crippen molar-refractivity contribution in [2.75, 3.05) is 0 Å². The molecule has 3 N–H and O–H groups in total. The first kappa shape index (κ1) is 12.0. The highest BCUT2D eigenvalue weighted by Gasteiger charge is 2.09. The molecule has 1 amide bonds. The van der Waals surface area contributed by atoms with Crippen molar-refractivity contribution in [3.05, 3.63) is 48.0 Å². The largest absolute Gasteiger partial charge is 0.347 e. The van der Waals surface area contributed by atoms with Gasteiger partial charge in [-0.25, -0.2) is 4.98 Å². The number of tetrazole rings is 1. The second kappa shape index (κ2) is 5.31. The zero-order valence-corrected chi connectivity index (χ0v) is 10.4. The summed E-state index contributed by atoms with van der Waals surface area (Å²) in [5.41, 5.74) is 2.10. The van der Waals surface area contributed by atoms with Crippen LogP contribution in [0.1, 0.15) is 16.1 Å². The van der Waals surface area contributed by atoms with Crippen molar-refractivity contribution in [3.8, 4) is 11.4 Å². The molecule has 3 aromatic rings. The number of imidazole rings is 1. The van der Waals surface area contributed by atoms with Crippen LogP contribution in [-0.4, -0.2) is 36.5 Å². The molecule has 100 valence electrons. The number of carbonyl (C=O) groups is 1. The lowest BCUT2D eigenvalue weighted by Crippen LogP contribution is -2.22. The monoisotopic (exact) mass is 269 g/mol.